The summed E-state index contributed by atoms with van der Waals surface area (Å²) in [7, 11) is 0. The zero-order valence-electron chi connectivity index (χ0n) is 13.3. The van der Waals surface area contributed by atoms with Crippen LogP contribution in [0.25, 0.3) is 10.9 Å². The van der Waals surface area contributed by atoms with Crippen LogP contribution in [-0.2, 0) is 16.1 Å². The molecular formula is C18H22N2O3. The van der Waals surface area contributed by atoms with E-state index in [1.165, 1.54) is 5.39 Å². The molecule has 0 aliphatic heterocycles. The minimum absolute atomic E-state index is 0.00970. The van der Waals surface area contributed by atoms with Crippen LogP contribution in [0.4, 0.5) is 0 Å². The molecule has 2 N–H and O–H groups in total. The van der Waals surface area contributed by atoms with Gasteiger partial charge in [-0.15, -0.1) is 0 Å². The minimum atomic E-state index is -0.718. The fraction of sp³-hybridized carbons (Fsp3) is 0.444. The number of nitrogens with one attached hydrogen (secondary N) is 1. The number of carboxylic acids is 1. The predicted octanol–water partition coefficient (Wildman–Crippen LogP) is 2.71. The number of nitrogens with zero attached hydrogens (tertiary/aromatic N) is 1. The molecule has 1 aliphatic rings. The summed E-state index contributed by atoms with van der Waals surface area (Å²) in [6.07, 6.45) is 4.78. The predicted molar refractivity (Wildman–Crippen MR) is 88.2 cm³/mol. The Labute approximate surface area is 135 Å². The van der Waals surface area contributed by atoms with E-state index in [-0.39, 0.29) is 17.9 Å². The number of carbonyl (C=O) groups is 2. The second-order valence-electron chi connectivity index (χ2n) is 6.41. The van der Waals surface area contributed by atoms with Crippen LogP contribution in [0, 0.1) is 12.8 Å². The first-order valence-corrected chi connectivity index (χ1v) is 8.11. The molecule has 0 spiro atoms. The topological polar surface area (TPSA) is 71.3 Å². The number of aromatic nitrogens is 1. The summed E-state index contributed by atoms with van der Waals surface area (Å²) >= 11 is 0. The number of rotatable bonds is 4. The van der Waals surface area contributed by atoms with Crippen molar-refractivity contribution in [3.05, 3.63) is 36.0 Å². The average Bonchev–Trinajstić information content (AvgIpc) is 2.84. The number of carboxylic acid groups (broad SMARTS) is 1. The number of hydrogen-bond acceptors (Lipinski definition) is 2. The summed E-state index contributed by atoms with van der Waals surface area (Å²) in [6, 6.07) is 8.16. The maximum Gasteiger partial charge on any atom is 0.306 e. The molecule has 2 aromatic rings. The van der Waals surface area contributed by atoms with Gasteiger partial charge in [-0.1, -0.05) is 18.2 Å². The highest BCUT2D eigenvalue weighted by Crippen LogP contribution is 2.24. The fourth-order valence-electron chi connectivity index (χ4n) is 3.47. The van der Waals surface area contributed by atoms with Crippen molar-refractivity contribution < 1.29 is 14.7 Å². The van der Waals surface area contributed by atoms with Crippen molar-refractivity contribution in [3.8, 4) is 0 Å². The van der Waals surface area contributed by atoms with Gasteiger partial charge in [0.2, 0.25) is 5.91 Å². The van der Waals surface area contributed by atoms with Crippen LogP contribution in [0.5, 0.6) is 0 Å². The summed E-state index contributed by atoms with van der Waals surface area (Å²) in [5.41, 5.74) is 2.23. The SMILES string of the molecule is Cc1cn(CC(=O)NC2CCC(C(=O)O)CC2)c2ccccc12. The highest BCUT2D eigenvalue weighted by molar-refractivity contribution is 5.86. The van der Waals surface area contributed by atoms with Gasteiger partial charge < -0.3 is 15.0 Å². The van der Waals surface area contributed by atoms with Gasteiger partial charge in [-0.2, -0.15) is 0 Å². The third-order valence-electron chi connectivity index (χ3n) is 4.74. The van der Waals surface area contributed by atoms with Crippen LogP contribution >= 0.6 is 0 Å². The summed E-state index contributed by atoms with van der Waals surface area (Å²) in [6.45, 7) is 2.34. The van der Waals surface area contributed by atoms with Gasteiger partial charge in [0.05, 0.1) is 5.92 Å². The van der Waals surface area contributed by atoms with Crippen LogP contribution in [0.1, 0.15) is 31.2 Å². The zero-order chi connectivity index (χ0) is 16.4. The molecule has 5 heteroatoms. The van der Waals surface area contributed by atoms with Crippen molar-refractivity contribution in [2.24, 2.45) is 5.92 Å². The molecule has 5 nitrogen and oxygen atoms in total. The van der Waals surface area contributed by atoms with E-state index < -0.39 is 5.97 Å². The van der Waals surface area contributed by atoms with Crippen molar-refractivity contribution >= 4 is 22.8 Å². The Morgan fingerprint density at radius 1 is 1.22 bits per heavy atom. The van der Waals surface area contributed by atoms with E-state index in [2.05, 4.69) is 11.4 Å². The Balaban J connectivity index is 1.60. The van der Waals surface area contributed by atoms with E-state index in [0.717, 1.165) is 23.9 Å². The molecular weight excluding hydrogens is 292 g/mol. The van der Waals surface area contributed by atoms with Crippen LogP contribution in [0.3, 0.4) is 0 Å². The van der Waals surface area contributed by atoms with Crippen molar-refractivity contribution in [1.82, 2.24) is 9.88 Å². The van der Waals surface area contributed by atoms with Gasteiger partial charge in [-0.25, -0.2) is 0 Å². The molecule has 0 bridgehead atoms. The molecule has 1 aromatic heterocycles. The van der Waals surface area contributed by atoms with Crippen LogP contribution < -0.4 is 5.32 Å². The maximum absolute atomic E-state index is 12.3. The highest BCUT2D eigenvalue weighted by atomic mass is 16.4. The summed E-state index contributed by atoms with van der Waals surface area (Å²) < 4.78 is 1.98. The first-order valence-electron chi connectivity index (χ1n) is 8.11. The number of hydrogen-bond donors (Lipinski definition) is 2. The van der Waals surface area contributed by atoms with Crippen molar-refractivity contribution in [2.45, 2.75) is 45.2 Å². The number of benzene rings is 1. The Bertz CT molecular complexity index is 727. The normalized spacial score (nSPS) is 21.3. The molecule has 3 rings (SSSR count). The van der Waals surface area contributed by atoms with E-state index in [1.54, 1.807) is 0 Å². The van der Waals surface area contributed by atoms with Gasteiger partial charge in [-0.05, 0) is 44.2 Å². The average molecular weight is 314 g/mol. The first kappa shape index (κ1) is 15.6. The number of aryl methyl sites for hydroxylation is 1. The van der Waals surface area contributed by atoms with Crippen LogP contribution in [0.2, 0.25) is 0 Å². The number of carbonyl (C=O) groups excluding carboxylic acids is 1. The molecule has 0 unspecified atom stereocenters. The smallest absolute Gasteiger partial charge is 0.306 e. The lowest BCUT2D eigenvalue weighted by molar-refractivity contribution is -0.142. The number of aliphatic carboxylic acids is 1. The Morgan fingerprint density at radius 3 is 2.61 bits per heavy atom. The summed E-state index contributed by atoms with van der Waals surface area (Å²) in [5.74, 6) is -0.979. The molecule has 1 saturated carbocycles. The van der Waals surface area contributed by atoms with Gasteiger partial charge in [0.1, 0.15) is 6.54 Å². The zero-order valence-corrected chi connectivity index (χ0v) is 13.3. The molecule has 0 saturated heterocycles. The molecule has 0 atom stereocenters. The second kappa shape index (κ2) is 6.44. The van der Waals surface area contributed by atoms with Gasteiger partial charge in [0.25, 0.3) is 0 Å². The lowest BCUT2D eigenvalue weighted by Crippen LogP contribution is -2.40. The Kier molecular flexibility index (Phi) is 4.37. The minimum Gasteiger partial charge on any atom is -0.481 e. The van der Waals surface area contributed by atoms with Crippen molar-refractivity contribution in [2.75, 3.05) is 0 Å². The Morgan fingerprint density at radius 2 is 1.91 bits per heavy atom. The van der Waals surface area contributed by atoms with Crippen molar-refractivity contribution in [1.29, 1.82) is 0 Å². The standard InChI is InChI=1S/C18H22N2O3/c1-12-10-20(16-5-3-2-4-15(12)16)11-17(21)19-14-8-6-13(7-9-14)18(22)23/h2-5,10,13-14H,6-9,11H2,1H3,(H,19,21)(H,22,23). The van der Waals surface area contributed by atoms with E-state index in [0.29, 0.717) is 19.4 Å². The number of amides is 1. The van der Waals surface area contributed by atoms with Gasteiger partial charge >= 0.3 is 5.97 Å². The van der Waals surface area contributed by atoms with E-state index in [1.807, 2.05) is 35.9 Å². The third-order valence-corrected chi connectivity index (χ3v) is 4.74. The molecule has 1 aromatic carbocycles. The molecule has 1 amide bonds. The van der Waals surface area contributed by atoms with E-state index in [9.17, 15) is 9.59 Å². The maximum atomic E-state index is 12.3. The molecule has 0 radical (unpaired) electrons. The highest BCUT2D eigenvalue weighted by Gasteiger charge is 2.26. The lowest BCUT2D eigenvalue weighted by atomic mass is 9.86. The van der Waals surface area contributed by atoms with Crippen molar-refractivity contribution in [3.63, 3.8) is 0 Å². The third kappa shape index (κ3) is 3.38. The molecule has 1 heterocycles. The fourth-order valence-corrected chi connectivity index (χ4v) is 3.47. The summed E-state index contributed by atoms with van der Waals surface area (Å²) in [4.78, 5) is 23.3. The van der Waals surface area contributed by atoms with Gasteiger partial charge in [0, 0.05) is 23.1 Å². The van der Waals surface area contributed by atoms with Gasteiger partial charge in [0.15, 0.2) is 0 Å². The summed E-state index contributed by atoms with van der Waals surface area (Å²) in [5, 5.41) is 13.2. The molecule has 122 valence electrons. The molecule has 1 aliphatic carbocycles. The largest absolute Gasteiger partial charge is 0.481 e. The Hall–Kier alpha value is -2.30. The lowest BCUT2D eigenvalue weighted by Gasteiger charge is -2.26. The quantitative estimate of drug-likeness (QED) is 0.911. The first-order chi connectivity index (χ1) is 11.0. The number of para-hydroxylation sites is 1. The molecule has 1 fully saturated rings. The van der Waals surface area contributed by atoms with E-state index >= 15 is 0 Å². The second-order valence-corrected chi connectivity index (χ2v) is 6.41. The van der Waals surface area contributed by atoms with Crippen LogP contribution in [-0.4, -0.2) is 27.6 Å². The van der Waals surface area contributed by atoms with Crippen LogP contribution in [0.15, 0.2) is 30.5 Å². The van der Waals surface area contributed by atoms with E-state index in [4.69, 9.17) is 5.11 Å². The number of fused-ring (bicyclic) bond motifs is 1. The van der Waals surface area contributed by atoms with Gasteiger partial charge in [-0.3, -0.25) is 9.59 Å². The molecule has 23 heavy (non-hydrogen) atoms. The monoisotopic (exact) mass is 314 g/mol.